The third-order valence-electron chi connectivity index (χ3n) is 4.23. The quantitative estimate of drug-likeness (QED) is 0.868. The first-order valence-corrected chi connectivity index (χ1v) is 7.96. The summed E-state index contributed by atoms with van der Waals surface area (Å²) in [7, 11) is 1.69. The summed E-state index contributed by atoms with van der Waals surface area (Å²) in [5.74, 6) is 0.897. The van der Waals surface area contributed by atoms with Gasteiger partial charge in [0.1, 0.15) is 5.75 Å². The Morgan fingerprint density at radius 3 is 2.52 bits per heavy atom. The van der Waals surface area contributed by atoms with Gasteiger partial charge in [0.15, 0.2) is 0 Å². The van der Waals surface area contributed by atoms with E-state index >= 15 is 0 Å². The first-order valence-electron chi connectivity index (χ1n) is 7.96. The van der Waals surface area contributed by atoms with E-state index in [9.17, 15) is 4.79 Å². The van der Waals surface area contributed by atoms with Crippen LogP contribution in [0.2, 0.25) is 0 Å². The highest BCUT2D eigenvalue weighted by Crippen LogP contribution is 2.16. The zero-order valence-electron chi connectivity index (χ0n) is 13.4. The molecule has 1 fully saturated rings. The Bertz CT molecular complexity index is 709. The van der Waals surface area contributed by atoms with Gasteiger partial charge in [0.25, 0.3) is 0 Å². The Hall–Kier alpha value is -2.33. The summed E-state index contributed by atoms with van der Waals surface area (Å²) in [4.78, 5) is 16.7. The SMILES string of the molecule is COc1cccc(CN2CCN(c3cccccc3=O)CC2)c1. The predicted molar refractivity (Wildman–Crippen MR) is 93.2 cm³/mol. The lowest BCUT2D eigenvalue weighted by atomic mass is 10.2. The van der Waals surface area contributed by atoms with Crippen molar-refractivity contribution in [3.8, 4) is 5.75 Å². The minimum atomic E-state index is 0.0937. The molecule has 0 bridgehead atoms. The van der Waals surface area contributed by atoms with Gasteiger partial charge in [0, 0.05) is 32.7 Å². The second-order valence-electron chi connectivity index (χ2n) is 5.77. The molecule has 2 aromatic carbocycles. The molecule has 1 aliphatic heterocycles. The van der Waals surface area contributed by atoms with Gasteiger partial charge >= 0.3 is 0 Å². The molecule has 0 spiro atoms. The summed E-state index contributed by atoms with van der Waals surface area (Å²) in [6.07, 6.45) is 0. The minimum Gasteiger partial charge on any atom is -0.497 e. The largest absolute Gasteiger partial charge is 0.497 e. The first kappa shape index (κ1) is 15.6. The van der Waals surface area contributed by atoms with E-state index in [1.54, 1.807) is 19.2 Å². The third-order valence-corrected chi connectivity index (χ3v) is 4.23. The normalized spacial score (nSPS) is 15.4. The zero-order chi connectivity index (χ0) is 16.1. The van der Waals surface area contributed by atoms with Crippen molar-refractivity contribution in [2.45, 2.75) is 6.54 Å². The zero-order valence-corrected chi connectivity index (χ0v) is 13.4. The monoisotopic (exact) mass is 310 g/mol. The second kappa shape index (κ2) is 7.29. The molecule has 0 amide bonds. The Labute approximate surface area is 136 Å². The van der Waals surface area contributed by atoms with Crippen LogP contribution in [0.5, 0.6) is 5.75 Å². The molecule has 0 N–H and O–H groups in total. The maximum absolute atomic E-state index is 12.1. The number of ether oxygens (including phenoxy) is 1. The van der Waals surface area contributed by atoms with E-state index < -0.39 is 0 Å². The number of anilines is 1. The molecule has 0 radical (unpaired) electrons. The number of hydrogen-bond donors (Lipinski definition) is 0. The van der Waals surface area contributed by atoms with Crippen LogP contribution in [-0.4, -0.2) is 38.2 Å². The van der Waals surface area contributed by atoms with Crippen molar-refractivity contribution in [2.75, 3.05) is 38.2 Å². The Kier molecular flexibility index (Phi) is 4.93. The summed E-state index contributed by atoms with van der Waals surface area (Å²) in [5, 5.41) is 0. The Morgan fingerprint density at radius 2 is 1.74 bits per heavy atom. The topological polar surface area (TPSA) is 32.8 Å². The van der Waals surface area contributed by atoms with E-state index in [1.807, 2.05) is 30.3 Å². The molecule has 4 heteroatoms. The first-order chi connectivity index (χ1) is 11.3. The van der Waals surface area contributed by atoms with Crippen LogP contribution in [-0.2, 0) is 6.54 Å². The van der Waals surface area contributed by atoms with Gasteiger partial charge in [-0.2, -0.15) is 0 Å². The highest BCUT2D eigenvalue weighted by atomic mass is 16.5. The lowest BCUT2D eigenvalue weighted by molar-refractivity contribution is 0.249. The summed E-state index contributed by atoms with van der Waals surface area (Å²) in [6, 6.07) is 17.4. The van der Waals surface area contributed by atoms with E-state index in [2.05, 4.69) is 21.9 Å². The molecule has 0 aliphatic carbocycles. The van der Waals surface area contributed by atoms with E-state index in [-0.39, 0.29) is 5.43 Å². The number of methoxy groups -OCH3 is 1. The third kappa shape index (κ3) is 3.90. The number of benzene rings is 1. The predicted octanol–water partition coefficient (Wildman–Crippen LogP) is 2.38. The van der Waals surface area contributed by atoms with Crippen molar-refractivity contribution in [3.05, 3.63) is 70.4 Å². The van der Waals surface area contributed by atoms with Gasteiger partial charge in [-0.1, -0.05) is 30.3 Å². The van der Waals surface area contributed by atoms with E-state index in [0.717, 1.165) is 44.2 Å². The van der Waals surface area contributed by atoms with Crippen LogP contribution in [0.25, 0.3) is 0 Å². The average molecular weight is 310 g/mol. The highest BCUT2D eigenvalue weighted by Gasteiger charge is 2.18. The standard InChI is InChI=1S/C19H22N2O2/c1-23-17-7-5-6-16(14-17)15-20-10-12-21(13-11-20)18-8-3-2-4-9-19(18)22/h2-9,14H,10-13,15H2,1H3. The van der Waals surface area contributed by atoms with Crippen molar-refractivity contribution >= 4 is 5.69 Å². The molecule has 1 heterocycles. The lowest BCUT2D eigenvalue weighted by Gasteiger charge is -2.35. The molecule has 4 nitrogen and oxygen atoms in total. The summed E-state index contributed by atoms with van der Waals surface area (Å²) >= 11 is 0. The van der Waals surface area contributed by atoms with Crippen molar-refractivity contribution < 1.29 is 4.74 Å². The number of rotatable bonds is 4. The summed E-state index contributed by atoms with van der Waals surface area (Å²) < 4.78 is 5.28. The van der Waals surface area contributed by atoms with Crippen molar-refractivity contribution in [1.29, 1.82) is 0 Å². The molecule has 0 atom stereocenters. The van der Waals surface area contributed by atoms with Crippen LogP contribution in [0.1, 0.15) is 5.56 Å². The van der Waals surface area contributed by atoms with Gasteiger partial charge in [0.05, 0.1) is 12.8 Å². The van der Waals surface area contributed by atoms with E-state index in [4.69, 9.17) is 4.74 Å². The fourth-order valence-corrected chi connectivity index (χ4v) is 2.96. The molecule has 2 aromatic rings. The number of nitrogens with zero attached hydrogens (tertiary/aromatic N) is 2. The molecule has 3 rings (SSSR count). The van der Waals surface area contributed by atoms with Crippen LogP contribution in [0.15, 0.2) is 59.4 Å². The van der Waals surface area contributed by atoms with Gasteiger partial charge in [-0.15, -0.1) is 0 Å². The smallest absolute Gasteiger partial charge is 0.201 e. The van der Waals surface area contributed by atoms with Crippen molar-refractivity contribution in [3.63, 3.8) is 0 Å². The molecular formula is C19H22N2O2. The summed E-state index contributed by atoms with van der Waals surface area (Å²) in [6.45, 7) is 4.58. The molecule has 0 unspecified atom stereocenters. The Balaban J connectivity index is 1.62. The van der Waals surface area contributed by atoms with Crippen LogP contribution < -0.4 is 15.1 Å². The molecule has 1 saturated heterocycles. The maximum Gasteiger partial charge on any atom is 0.201 e. The molecule has 120 valence electrons. The highest BCUT2D eigenvalue weighted by molar-refractivity contribution is 5.45. The van der Waals surface area contributed by atoms with Gasteiger partial charge in [-0.3, -0.25) is 9.69 Å². The lowest BCUT2D eigenvalue weighted by Crippen LogP contribution is -2.47. The molecule has 0 aromatic heterocycles. The second-order valence-corrected chi connectivity index (χ2v) is 5.77. The van der Waals surface area contributed by atoms with Crippen molar-refractivity contribution in [2.24, 2.45) is 0 Å². The fraction of sp³-hybridized carbons (Fsp3) is 0.316. The van der Waals surface area contributed by atoms with Gasteiger partial charge in [-0.05, 0) is 29.8 Å². The molecule has 23 heavy (non-hydrogen) atoms. The Morgan fingerprint density at radius 1 is 0.957 bits per heavy atom. The van der Waals surface area contributed by atoms with Gasteiger partial charge in [-0.25, -0.2) is 0 Å². The number of piperazine rings is 1. The average Bonchev–Trinajstić information content (AvgIpc) is 2.80. The van der Waals surface area contributed by atoms with Crippen LogP contribution >= 0.6 is 0 Å². The van der Waals surface area contributed by atoms with Gasteiger partial charge < -0.3 is 9.64 Å². The summed E-state index contributed by atoms with van der Waals surface area (Å²) in [5.41, 5.74) is 2.15. The van der Waals surface area contributed by atoms with Gasteiger partial charge in [0.2, 0.25) is 5.43 Å². The molecule has 0 saturated carbocycles. The molecular weight excluding hydrogens is 288 g/mol. The fourth-order valence-electron chi connectivity index (χ4n) is 2.96. The van der Waals surface area contributed by atoms with Crippen LogP contribution in [0, 0.1) is 0 Å². The van der Waals surface area contributed by atoms with E-state index in [1.165, 1.54) is 5.56 Å². The number of hydrogen-bond acceptors (Lipinski definition) is 4. The minimum absolute atomic E-state index is 0.0937. The van der Waals surface area contributed by atoms with Crippen molar-refractivity contribution in [1.82, 2.24) is 4.90 Å². The maximum atomic E-state index is 12.1. The van der Waals surface area contributed by atoms with Crippen LogP contribution in [0.3, 0.4) is 0 Å². The van der Waals surface area contributed by atoms with Crippen LogP contribution in [0.4, 0.5) is 5.69 Å². The van der Waals surface area contributed by atoms with E-state index in [0.29, 0.717) is 0 Å². The molecule has 1 aliphatic rings.